The maximum Gasteiger partial charge on any atom is 0.322 e. The van der Waals surface area contributed by atoms with Gasteiger partial charge >= 0.3 is 6.03 Å². The summed E-state index contributed by atoms with van der Waals surface area (Å²) in [7, 11) is -1.78. The molecule has 0 atom stereocenters. The van der Waals surface area contributed by atoms with E-state index in [1.807, 2.05) is 6.92 Å². The second-order valence-corrected chi connectivity index (χ2v) is 9.20. The van der Waals surface area contributed by atoms with Crippen LogP contribution >= 0.6 is 0 Å². The predicted molar refractivity (Wildman–Crippen MR) is 104 cm³/mol. The van der Waals surface area contributed by atoms with Gasteiger partial charge in [0, 0.05) is 52.0 Å². The lowest BCUT2D eigenvalue weighted by atomic mass is 9.96. The molecule has 9 nitrogen and oxygen atoms in total. The molecule has 1 aliphatic carbocycles. The van der Waals surface area contributed by atoms with Gasteiger partial charge < -0.3 is 10.2 Å². The number of amides is 2. The van der Waals surface area contributed by atoms with Gasteiger partial charge in [-0.1, -0.05) is 19.3 Å². The largest absolute Gasteiger partial charge is 0.322 e. The molecule has 2 aliphatic rings. The van der Waals surface area contributed by atoms with Crippen molar-refractivity contribution in [3.05, 3.63) is 12.4 Å². The van der Waals surface area contributed by atoms with Gasteiger partial charge in [0.2, 0.25) is 0 Å². The zero-order valence-corrected chi connectivity index (χ0v) is 17.0. The number of piperazine rings is 1. The second-order valence-electron chi connectivity index (χ2n) is 7.22. The molecule has 1 saturated heterocycles. The first kappa shape index (κ1) is 20.1. The molecule has 0 spiro atoms. The number of carbonyl (C=O) groups is 1. The third kappa shape index (κ3) is 4.61. The number of hydrogen-bond acceptors (Lipinski definition) is 4. The van der Waals surface area contributed by atoms with Crippen molar-refractivity contribution in [3.63, 3.8) is 0 Å². The fourth-order valence-electron chi connectivity index (χ4n) is 3.74. The van der Waals surface area contributed by atoms with Gasteiger partial charge in [-0.25, -0.2) is 4.79 Å². The van der Waals surface area contributed by atoms with E-state index >= 15 is 0 Å². The summed E-state index contributed by atoms with van der Waals surface area (Å²) in [6.45, 7) is 4.11. The van der Waals surface area contributed by atoms with Crippen LogP contribution in [0.1, 0.15) is 39.0 Å². The highest BCUT2D eigenvalue weighted by Crippen LogP contribution is 2.25. The number of rotatable bonds is 5. The minimum Gasteiger partial charge on any atom is -0.322 e. The SMILES string of the molecule is CCn1cc(NC(=O)N2CCN(S(=O)(=O)N(C)C3CCCCC3)CC2)cn1. The van der Waals surface area contributed by atoms with Gasteiger partial charge in [-0.3, -0.25) is 4.68 Å². The molecule has 1 aliphatic heterocycles. The third-order valence-corrected chi connectivity index (χ3v) is 7.56. The summed E-state index contributed by atoms with van der Waals surface area (Å²) < 4.78 is 30.6. The van der Waals surface area contributed by atoms with Gasteiger partial charge in [0.25, 0.3) is 10.2 Å². The lowest BCUT2D eigenvalue weighted by Crippen LogP contribution is -2.55. The average molecular weight is 399 g/mol. The van der Waals surface area contributed by atoms with Crippen LogP contribution in [0.25, 0.3) is 0 Å². The number of urea groups is 1. The molecule has 2 fully saturated rings. The van der Waals surface area contributed by atoms with E-state index in [1.54, 1.807) is 33.3 Å². The Morgan fingerprint density at radius 1 is 1.22 bits per heavy atom. The lowest BCUT2D eigenvalue weighted by molar-refractivity contribution is 0.178. The Bertz CT molecular complexity index is 736. The topological polar surface area (TPSA) is 90.8 Å². The fourth-order valence-corrected chi connectivity index (χ4v) is 5.32. The third-order valence-electron chi connectivity index (χ3n) is 5.51. The number of nitrogens with one attached hydrogen (secondary N) is 1. The summed E-state index contributed by atoms with van der Waals surface area (Å²) >= 11 is 0. The van der Waals surface area contributed by atoms with E-state index in [-0.39, 0.29) is 12.1 Å². The molecule has 10 heteroatoms. The van der Waals surface area contributed by atoms with Gasteiger partial charge in [-0.2, -0.15) is 22.1 Å². The van der Waals surface area contributed by atoms with Gasteiger partial charge in [0.15, 0.2) is 0 Å². The van der Waals surface area contributed by atoms with Crippen molar-refractivity contribution in [1.29, 1.82) is 0 Å². The quantitative estimate of drug-likeness (QED) is 0.815. The molecule has 27 heavy (non-hydrogen) atoms. The van der Waals surface area contributed by atoms with Crippen molar-refractivity contribution in [3.8, 4) is 0 Å². The van der Waals surface area contributed by atoms with Crippen molar-refractivity contribution < 1.29 is 13.2 Å². The van der Waals surface area contributed by atoms with Gasteiger partial charge in [0.1, 0.15) is 0 Å². The van der Waals surface area contributed by atoms with Crippen LogP contribution in [0.3, 0.4) is 0 Å². The Hall–Kier alpha value is -1.65. The van der Waals surface area contributed by atoms with Crippen LogP contribution in [0.4, 0.5) is 10.5 Å². The van der Waals surface area contributed by atoms with Crippen LogP contribution in [-0.2, 0) is 16.8 Å². The van der Waals surface area contributed by atoms with Crippen molar-refractivity contribution in [2.45, 2.75) is 51.6 Å². The summed E-state index contributed by atoms with van der Waals surface area (Å²) in [6, 6.07) is -0.122. The van der Waals surface area contributed by atoms with Crippen LogP contribution < -0.4 is 5.32 Å². The standard InChI is InChI=1S/C17H30N6O3S/c1-3-22-14-15(13-18-22)19-17(24)21-9-11-23(12-10-21)27(25,26)20(2)16-7-5-4-6-8-16/h13-14,16H,3-12H2,1-2H3,(H,19,24). The first-order valence-electron chi connectivity index (χ1n) is 9.73. The number of nitrogens with zero attached hydrogens (tertiary/aromatic N) is 5. The molecular weight excluding hydrogens is 368 g/mol. The predicted octanol–water partition coefficient (Wildman–Crippen LogP) is 1.56. The summed E-state index contributed by atoms with van der Waals surface area (Å²) in [5.74, 6) is 0. The highest BCUT2D eigenvalue weighted by Gasteiger charge is 2.35. The molecule has 0 unspecified atom stereocenters. The first-order chi connectivity index (χ1) is 12.9. The minimum atomic E-state index is -3.47. The Morgan fingerprint density at radius 2 is 1.89 bits per heavy atom. The number of hydrogen-bond donors (Lipinski definition) is 1. The Kier molecular flexibility index (Phi) is 6.38. The molecule has 0 radical (unpaired) electrons. The van der Waals surface area contributed by atoms with Crippen LogP contribution in [0.2, 0.25) is 0 Å². The molecule has 2 heterocycles. The van der Waals surface area contributed by atoms with Crippen LogP contribution in [0, 0.1) is 0 Å². The van der Waals surface area contributed by atoms with E-state index in [0.717, 1.165) is 32.2 Å². The van der Waals surface area contributed by atoms with Crippen LogP contribution in [0.15, 0.2) is 12.4 Å². The molecule has 152 valence electrons. The second kappa shape index (κ2) is 8.57. The molecule has 0 aromatic carbocycles. The Labute approximate surface area is 161 Å². The molecule has 1 aromatic rings. The maximum atomic E-state index is 12.9. The highest BCUT2D eigenvalue weighted by atomic mass is 32.2. The van der Waals surface area contributed by atoms with Crippen molar-refractivity contribution in [1.82, 2.24) is 23.3 Å². The molecule has 3 rings (SSSR count). The molecular formula is C17H30N6O3S. The van der Waals surface area contributed by atoms with Crippen molar-refractivity contribution in [2.24, 2.45) is 0 Å². The zero-order chi connectivity index (χ0) is 19.4. The van der Waals surface area contributed by atoms with Crippen molar-refractivity contribution in [2.75, 3.05) is 38.5 Å². The average Bonchev–Trinajstić information content (AvgIpc) is 3.15. The van der Waals surface area contributed by atoms with E-state index < -0.39 is 10.2 Å². The molecule has 1 saturated carbocycles. The molecule has 1 aromatic heterocycles. The number of aromatic nitrogens is 2. The van der Waals surface area contributed by atoms with Gasteiger partial charge in [0.05, 0.1) is 11.9 Å². The maximum absolute atomic E-state index is 12.9. The summed E-state index contributed by atoms with van der Waals surface area (Å²) in [5, 5.41) is 6.95. The lowest BCUT2D eigenvalue weighted by Gasteiger charge is -2.38. The Balaban J connectivity index is 1.53. The number of carbonyl (C=O) groups excluding carboxylic acids is 1. The number of anilines is 1. The zero-order valence-electron chi connectivity index (χ0n) is 16.2. The van der Waals surface area contributed by atoms with Gasteiger partial charge in [-0.15, -0.1) is 0 Å². The van der Waals surface area contributed by atoms with E-state index in [0.29, 0.717) is 31.9 Å². The highest BCUT2D eigenvalue weighted by molar-refractivity contribution is 7.86. The van der Waals surface area contributed by atoms with Crippen LogP contribution in [0.5, 0.6) is 0 Å². The van der Waals surface area contributed by atoms with E-state index in [4.69, 9.17) is 0 Å². The summed E-state index contributed by atoms with van der Waals surface area (Å²) in [6.07, 6.45) is 8.63. The van der Waals surface area contributed by atoms with E-state index in [1.165, 1.54) is 10.7 Å². The van der Waals surface area contributed by atoms with Crippen LogP contribution in [-0.4, -0.2) is 77.0 Å². The monoisotopic (exact) mass is 398 g/mol. The summed E-state index contributed by atoms with van der Waals surface area (Å²) in [4.78, 5) is 14.1. The Morgan fingerprint density at radius 3 is 2.48 bits per heavy atom. The molecule has 1 N–H and O–H groups in total. The summed E-state index contributed by atoms with van der Waals surface area (Å²) in [5.41, 5.74) is 0.647. The van der Waals surface area contributed by atoms with E-state index in [9.17, 15) is 13.2 Å². The first-order valence-corrected chi connectivity index (χ1v) is 11.1. The minimum absolute atomic E-state index is 0.0974. The number of aryl methyl sites for hydroxylation is 1. The van der Waals surface area contributed by atoms with E-state index in [2.05, 4.69) is 10.4 Å². The molecule has 2 amide bonds. The normalized spacial score (nSPS) is 20.2. The smallest absolute Gasteiger partial charge is 0.322 e. The molecule has 0 bridgehead atoms. The fraction of sp³-hybridized carbons (Fsp3) is 0.765. The van der Waals surface area contributed by atoms with Crippen molar-refractivity contribution >= 4 is 21.9 Å². The van der Waals surface area contributed by atoms with Gasteiger partial charge in [-0.05, 0) is 19.8 Å².